The van der Waals surface area contributed by atoms with E-state index in [2.05, 4.69) is 37.0 Å². The summed E-state index contributed by atoms with van der Waals surface area (Å²) in [7, 11) is 0. The number of anilines is 2. The van der Waals surface area contributed by atoms with Crippen LogP contribution < -0.4 is 15.8 Å². The first-order chi connectivity index (χ1) is 14.2. The number of morpholine rings is 1. The van der Waals surface area contributed by atoms with E-state index in [0.29, 0.717) is 19.1 Å². The number of aromatic nitrogens is 2. The van der Waals surface area contributed by atoms with Gasteiger partial charge in [0.15, 0.2) is 5.82 Å². The highest BCUT2D eigenvalue weighted by Gasteiger charge is 2.31. The summed E-state index contributed by atoms with van der Waals surface area (Å²) in [6.45, 7) is 4.33. The van der Waals surface area contributed by atoms with Crippen LogP contribution in [0.2, 0.25) is 0 Å². The maximum absolute atomic E-state index is 11.6. The number of carbonyl (C=O) groups excluding carboxylic acids is 1. The van der Waals surface area contributed by atoms with Gasteiger partial charge in [-0.05, 0) is 30.9 Å². The predicted molar refractivity (Wildman–Crippen MR) is 111 cm³/mol. The predicted octanol–water partition coefficient (Wildman–Crippen LogP) is 1.75. The first-order valence-corrected chi connectivity index (χ1v) is 10.2. The van der Waals surface area contributed by atoms with Gasteiger partial charge in [-0.15, -0.1) is 0 Å². The number of hydrazine groups is 1. The molecule has 1 saturated heterocycles. The fraction of sp³-hybridized carbons (Fsp3) is 0.476. The summed E-state index contributed by atoms with van der Waals surface area (Å²) in [4.78, 5) is 22.9. The largest absolute Gasteiger partial charge is 0.379 e. The zero-order chi connectivity index (χ0) is 20.1. The van der Waals surface area contributed by atoms with Crippen LogP contribution in [0.1, 0.15) is 30.7 Å². The molecule has 2 aromatic rings. The van der Waals surface area contributed by atoms with E-state index in [-0.39, 0.29) is 12.3 Å². The van der Waals surface area contributed by atoms with Gasteiger partial charge in [0.1, 0.15) is 6.33 Å². The Kier molecular flexibility index (Phi) is 6.21. The number of nitrogens with two attached hydrogens (primary N) is 1. The number of para-hydroxylation sites is 1. The molecule has 8 heteroatoms. The molecule has 1 aliphatic heterocycles. The number of hydrogen-bond donors (Lipinski definition) is 1. The van der Waals surface area contributed by atoms with Gasteiger partial charge in [0, 0.05) is 31.3 Å². The van der Waals surface area contributed by atoms with Crippen molar-refractivity contribution in [2.24, 2.45) is 5.73 Å². The van der Waals surface area contributed by atoms with Crippen LogP contribution in [0.5, 0.6) is 0 Å². The van der Waals surface area contributed by atoms with Crippen LogP contribution in [0.25, 0.3) is 0 Å². The van der Waals surface area contributed by atoms with E-state index >= 15 is 0 Å². The summed E-state index contributed by atoms with van der Waals surface area (Å²) < 4.78 is 5.51. The first-order valence-electron chi connectivity index (χ1n) is 10.2. The van der Waals surface area contributed by atoms with Crippen LogP contribution in [-0.2, 0) is 9.53 Å². The second-order valence-electron chi connectivity index (χ2n) is 7.52. The molecule has 1 amide bonds. The highest BCUT2D eigenvalue weighted by Crippen LogP contribution is 2.43. The minimum absolute atomic E-state index is 0.251. The van der Waals surface area contributed by atoms with Crippen molar-refractivity contribution < 1.29 is 9.53 Å². The topological polar surface area (TPSA) is 87.8 Å². The highest BCUT2D eigenvalue weighted by molar-refractivity contribution is 5.74. The number of carbonyl (C=O) groups is 1. The number of nitrogens with zero attached hydrogens (tertiary/aromatic N) is 5. The van der Waals surface area contributed by atoms with Crippen LogP contribution in [0.3, 0.4) is 0 Å². The molecule has 0 spiro atoms. The molecular formula is C21H28N6O2. The minimum Gasteiger partial charge on any atom is -0.379 e. The third-order valence-corrected chi connectivity index (χ3v) is 5.33. The number of hydrogen-bond acceptors (Lipinski definition) is 7. The van der Waals surface area contributed by atoms with Crippen LogP contribution in [0.4, 0.5) is 11.5 Å². The van der Waals surface area contributed by atoms with Crippen LogP contribution in [0.15, 0.2) is 42.9 Å². The van der Waals surface area contributed by atoms with E-state index in [0.717, 1.165) is 56.2 Å². The number of ether oxygens (including phenoxy) is 1. The van der Waals surface area contributed by atoms with Crippen molar-refractivity contribution >= 4 is 17.4 Å². The molecule has 4 rings (SSSR count). The summed E-state index contributed by atoms with van der Waals surface area (Å²) in [6, 6.07) is 10.2. The molecule has 2 heterocycles. The Morgan fingerprint density at radius 3 is 2.62 bits per heavy atom. The Morgan fingerprint density at radius 1 is 1.17 bits per heavy atom. The van der Waals surface area contributed by atoms with E-state index in [1.54, 1.807) is 6.33 Å². The van der Waals surface area contributed by atoms with Crippen LogP contribution in [0, 0.1) is 0 Å². The van der Waals surface area contributed by atoms with Crippen molar-refractivity contribution in [3.8, 4) is 0 Å². The molecule has 1 aromatic carbocycles. The van der Waals surface area contributed by atoms with Gasteiger partial charge in [-0.2, -0.15) is 0 Å². The Morgan fingerprint density at radius 2 is 1.93 bits per heavy atom. The Bertz CT molecular complexity index is 808. The van der Waals surface area contributed by atoms with Gasteiger partial charge in [0.05, 0.1) is 32.1 Å². The summed E-state index contributed by atoms with van der Waals surface area (Å²) >= 11 is 0. The second-order valence-corrected chi connectivity index (χ2v) is 7.52. The lowest BCUT2D eigenvalue weighted by molar-refractivity contribution is -0.117. The van der Waals surface area contributed by atoms with Gasteiger partial charge < -0.3 is 10.5 Å². The summed E-state index contributed by atoms with van der Waals surface area (Å²) in [5.74, 6) is 1.03. The third kappa shape index (κ3) is 5.02. The molecule has 1 aromatic heterocycles. The second kappa shape index (κ2) is 9.19. The van der Waals surface area contributed by atoms with Gasteiger partial charge in [0.25, 0.3) is 0 Å². The van der Waals surface area contributed by atoms with Crippen LogP contribution >= 0.6 is 0 Å². The van der Waals surface area contributed by atoms with Crippen molar-refractivity contribution in [2.75, 3.05) is 49.5 Å². The number of primary amides is 1. The third-order valence-electron chi connectivity index (χ3n) is 5.33. The van der Waals surface area contributed by atoms with Crippen molar-refractivity contribution in [3.05, 3.63) is 48.4 Å². The van der Waals surface area contributed by atoms with Crippen LogP contribution in [-0.4, -0.2) is 60.3 Å². The number of amides is 1. The van der Waals surface area contributed by atoms with Gasteiger partial charge in [-0.25, -0.2) is 9.97 Å². The molecule has 2 N–H and O–H groups in total. The lowest BCUT2D eigenvalue weighted by atomic mass is 10.2. The van der Waals surface area contributed by atoms with Gasteiger partial charge in [0.2, 0.25) is 5.91 Å². The lowest BCUT2D eigenvalue weighted by Gasteiger charge is -2.41. The van der Waals surface area contributed by atoms with E-state index in [4.69, 9.17) is 10.5 Å². The van der Waals surface area contributed by atoms with Gasteiger partial charge in [-0.3, -0.25) is 19.7 Å². The van der Waals surface area contributed by atoms with Crippen molar-refractivity contribution in [1.29, 1.82) is 0 Å². The molecule has 29 heavy (non-hydrogen) atoms. The van der Waals surface area contributed by atoms with E-state index in [1.165, 1.54) is 0 Å². The summed E-state index contributed by atoms with van der Waals surface area (Å²) in [6.07, 6.45) is 6.05. The molecule has 0 unspecified atom stereocenters. The average Bonchev–Trinajstić information content (AvgIpc) is 3.60. The van der Waals surface area contributed by atoms with Crippen molar-refractivity contribution in [2.45, 2.75) is 25.2 Å². The lowest BCUT2D eigenvalue weighted by Crippen LogP contribution is -2.53. The summed E-state index contributed by atoms with van der Waals surface area (Å²) in [5, 5.41) is 4.30. The first kappa shape index (κ1) is 19.6. The molecule has 0 bridgehead atoms. The SMILES string of the molecule is NC(=O)CCN(c1ncncc1C1CC1)N(CN1CCOCC1)c1ccccc1. The zero-order valence-corrected chi connectivity index (χ0v) is 16.6. The average molecular weight is 396 g/mol. The quantitative estimate of drug-likeness (QED) is 0.646. The molecule has 1 aliphatic carbocycles. The molecule has 0 atom stereocenters. The normalized spacial score (nSPS) is 17.1. The minimum atomic E-state index is -0.323. The molecule has 2 aliphatic rings. The Hall–Kier alpha value is -2.71. The highest BCUT2D eigenvalue weighted by atomic mass is 16.5. The van der Waals surface area contributed by atoms with Crippen molar-refractivity contribution in [3.63, 3.8) is 0 Å². The molecule has 2 fully saturated rings. The van der Waals surface area contributed by atoms with E-state index in [1.807, 2.05) is 24.4 Å². The number of benzene rings is 1. The molecule has 0 radical (unpaired) electrons. The summed E-state index contributed by atoms with van der Waals surface area (Å²) in [5.41, 5.74) is 7.69. The maximum atomic E-state index is 11.6. The molecule has 154 valence electrons. The maximum Gasteiger partial charge on any atom is 0.219 e. The zero-order valence-electron chi connectivity index (χ0n) is 16.6. The fourth-order valence-corrected chi connectivity index (χ4v) is 3.62. The standard InChI is InChI=1S/C21H28N6O2/c22-20(28)8-9-26(21-19(17-6-7-17)14-23-15-24-21)27(18-4-2-1-3-5-18)16-25-10-12-29-13-11-25/h1-5,14-15,17H,6-13,16H2,(H2,22,28). The fourth-order valence-electron chi connectivity index (χ4n) is 3.62. The Balaban J connectivity index is 1.70. The smallest absolute Gasteiger partial charge is 0.219 e. The monoisotopic (exact) mass is 396 g/mol. The molecular weight excluding hydrogens is 368 g/mol. The Labute approximate surface area is 171 Å². The van der Waals surface area contributed by atoms with Gasteiger partial charge >= 0.3 is 0 Å². The van der Waals surface area contributed by atoms with E-state index in [9.17, 15) is 4.79 Å². The number of rotatable bonds is 9. The van der Waals surface area contributed by atoms with Gasteiger partial charge in [-0.1, -0.05) is 18.2 Å². The van der Waals surface area contributed by atoms with E-state index < -0.39 is 0 Å². The van der Waals surface area contributed by atoms with Crippen molar-refractivity contribution in [1.82, 2.24) is 14.9 Å². The molecule has 1 saturated carbocycles. The molecule has 8 nitrogen and oxygen atoms in total.